The first kappa shape index (κ1) is 22.3. The van der Waals surface area contributed by atoms with Crippen LogP contribution in [0.3, 0.4) is 0 Å². The zero-order chi connectivity index (χ0) is 16.8. The maximum atomic E-state index is 2.38. The fourth-order valence-electron chi connectivity index (χ4n) is 3.25. The number of hydrogen-bond acceptors (Lipinski definition) is 2. The topological polar surface area (TPSA) is 3.24 Å². The number of thioether (sulfide) groups is 1. The van der Waals surface area contributed by atoms with Crippen LogP contribution in [0.15, 0.2) is 0 Å². The van der Waals surface area contributed by atoms with Gasteiger partial charge < -0.3 is 4.90 Å². The van der Waals surface area contributed by atoms with Gasteiger partial charge in [-0.3, -0.25) is 0 Å². The van der Waals surface area contributed by atoms with Crippen LogP contribution in [0.25, 0.3) is 0 Å². The van der Waals surface area contributed by atoms with Gasteiger partial charge in [0, 0.05) is 5.25 Å². The van der Waals surface area contributed by atoms with Crippen molar-refractivity contribution in [1.82, 2.24) is 4.90 Å². The Kier molecular flexibility index (Phi) is 15.1. The highest BCUT2D eigenvalue weighted by Gasteiger charge is 2.13. The molecule has 134 valence electrons. The first-order valence-corrected chi connectivity index (χ1v) is 10.8. The minimum atomic E-state index is 0.848. The van der Waals surface area contributed by atoms with Crippen LogP contribution in [-0.4, -0.2) is 36.5 Å². The average Bonchev–Trinajstić information content (AvgIpc) is 2.43. The van der Waals surface area contributed by atoms with Crippen LogP contribution in [-0.2, 0) is 0 Å². The number of rotatable bonds is 15. The van der Waals surface area contributed by atoms with Gasteiger partial charge in [-0.15, -0.1) is 0 Å². The van der Waals surface area contributed by atoms with E-state index in [9.17, 15) is 0 Å². The summed E-state index contributed by atoms with van der Waals surface area (Å²) in [4.78, 5) is 2.32. The first-order valence-electron chi connectivity index (χ1n) is 9.75. The van der Waals surface area contributed by atoms with E-state index in [1.165, 1.54) is 70.1 Å². The van der Waals surface area contributed by atoms with Gasteiger partial charge in [0.1, 0.15) is 0 Å². The molecule has 0 saturated carbocycles. The van der Waals surface area contributed by atoms with E-state index in [1.807, 2.05) is 0 Å². The maximum absolute atomic E-state index is 2.38. The molecule has 1 nitrogen and oxygen atoms in total. The van der Waals surface area contributed by atoms with Crippen LogP contribution in [0.2, 0.25) is 0 Å². The Morgan fingerprint density at radius 3 is 2.09 bits per heavy atom. The van der Waals surface area contributed by atoms with Gasteiger partial charge in [0.05, 0.1) is 0 Å². The van der Waals surface area contributed by atoms with Crippen molar-refractivity contribution in [2.45, 2.75) is 90.7 Å². The van der Waals surface area contributed by atoms with Gasteiger partial charge in [0.15, 0.2) is 0 Å². The van der Waals surface area contributed by atoms with Gasteiger partial charge in [0.2, 0.25) is 0 Å². The summed E-state index contributed by atoms with van der Waals surface area (Å²) in [5, 5.41) is 0.906. The monoisotopic (exact) mass is 329 g/mol. The molecule has 1 unspecified atom stereocenters. The molecule has 0 spiro atoms. The molecule has 0 aliphatic heterocycles. The third-order valence-corrected chi connectivity index (χ3v) is 5.89. The van der Waals surface area contributed by atoms with E-state index >= 15 is 0 Å². The van der Waals surface area contributed by atoms with Crippen molar-refractivity contribution in [3.05, 3.63) is 0 Å². The molecule has 0 aromatic heterocycles. The minimum absolute atomic E-state index is 0.848. The van der Waals surface area contributed by atoms with Gasteiger partial charge in [-0.05, 0) is 70.3 Å². The van der Waals surface area contributed by atoms with Crippen molar-refractivity contribution in [2.24, 2.45) is 11.8 Å². The van der Waals surface area contributed by atoms with Crippen molar-refractivity contribution in [2.75, 3.05) is 26.4 Å². The van der Waals surface area contributed by atoms with E-state index in [-0.39, 0.29) is 0 Å². The molecule has 0 aliphatic rings. The summed E-state index contributed by atoms with van der Waals surface area (Å²) in [5.41, 5.74) is 0. The van der Waals surface area contributed by atoms with Crippen LogP contribution in [0.4, 0.5) is 0 Å². The standard InChI is InChI=1S/C20H43NS/c1-7-11-19(13-10-15-21(5)6)12-9-14-20(17-18(3)4)22-16-8-2/h18-20H,7-17H2,1-6H3/t19-,20?/m1/s1. The van der Waals surface area contributed by atoms with Crippen LogP contribution < -0.4 is 0 Å². The lowest BCUT2D eigenvalue weighted by Crippen LogP contribution is -2.14. The maximum Gasteiger partial charge on any atom is 0.00494 e. The first-order chi connectivity index (χ1) is 10.5. The van der Waals surface area contributed by atoms with E-state index in [2.05, 4.69) is 58.5 Å². The highest BCUT2D eigenvalue weighted by atomic mass is 32.2. The Morgan fingerprint density at radius 1 is 0.864 bits per heavy atom. The average molecular weight is 330 g/mol. The molecule has 22 heavy (non-hydrogen) atoms. The summed E-state index contributed by atoms with van der Waals surface area (Å²) in [6, 6.07) is 0. The second-order valence-corrected chi connectivity index (χ2v) is 9.06. The van der Waals surface area contributed by atoms with Crippen LogP contribution in [0.1, 0.15) is 85.5 Å². The molecule has 0 fully saturated rings. The molecular weight excluding hydrogens is 286 g/mol. The Balaban J connectivity index is 4.03. The molecule has 2 heteroatoms. The van der Waals surface area contributed by atoms with Crippen molar-refractivity contribution in [3.8, 4) is 0 Å². The summed E-state index contributed by atoms with van der Waals surface area (Å²) in [5.74, 6) is 3.17. The molecule has 0 amide bonds. The molecule has 0 aliphatic carbocycles. The molecule has 0 rings (SSSR count). The Labute approximate surface area is 146 Å². The van der Waals surface area contributed by atoms with Crippen LogP contribution >= 0.6 is 11.8 Å². The summed E-state index contributed by atoms with van der Waals surface area (Å²) in [7, 11) is 4.38. The highest BCUT2D eigenvalue weighted by Crippen LogP contribution is 2.27. The van der Waals surface area contributed by atoms with Crippen molar-refractivity contribution >= 4 is 11.8 Å². The lowest BCUT2D eigenvalue weighted by atomic mass is 9.91. The Bertz CT molecular complexity index is 228. The summed E-state index contributed by atoms with van der Waals surface area (Å²) in [6.45, 7) is 10.7. The molecule has 0 heterocycles. The zero-order valence-electron chi connectivity index (χ0n) is 16.4. The predicted molar refractivity (Wildman–Crippen MR) is 106 cm³/mol. The van der Waals surface area contributed by atoms with Crippen LogP contribution in [0.5, 0.6) is 0 Å². The van der Waals surface area contributed by atoms with E-state index in [0.29, 0.717) is 0 Å². The molecular formula is C20H43NS. The van der Waals surface area contributed by atoms with Crippen molar-refractivity contribution in [1.29, 1.82) is 0 Å². The third-order valence-electron chi connectivity index (χ3n) is 4.35. The van der Waals surface area contributed by atoms with Crippen molar-refractivity contribution < 1.29 is 0 Å². The predicted octanol–water partition coefficient (Wildman–Crippen LogP) is 6.47. The normalized spacial score (nSPS) is 14.7. The lowest BCUT2D eigenvalue weighted by Gasteiger charge is -2.21. The summed E-state index contributed by atoms with van der Waals surface area (Å²) < 4.78 is 0. The second-order valence-electron chi connectivity index (χ2n) is 7.65. The zero-order valence-corrected chi connectivity index (χ0v) is 17.2. The van der Waals surface area contributed by atoms with Gasteiger partial charge in [-0.25, -0.2) is 0 Å². The lowest BCUT2D eigenvalue weighted by molar-refractivity contribution is 0.337. The largest absolute Gasteiger partial charge is 0.309 e. The smallest absolute Gasteiger partial charge is 0.00494 e. The highest BCUT2D eigenvalue weighted by molar-refractivity contribution is 7.99. The fraction of sp³-hybridized carbons (Fsp3) is 1.00. The fourth-order valence-corrected chi connectivity index (χ4v) is 4.67. The summed E-state index contributed by atoms with van der Waals surface area (Å²) >= 11 is 2.23. The Hall–Kier alpha value is 0.310. The van der Waals surface area contributed by atoms with Gasteiger partial charge >= 0.3 is 0 Å². The van der Waals surface area contributed by atoms with Gasteiger partial charge in [0.25, 0.3) is 0 Å². The molecule has 0 radical (unpaired) electrons. The third kappa shape index (κ3) is 13.9. The minimum Gasteiger partial charge on any atom is -0.309 e. The second kappa shape index (κ2) is 14.9. The molecule has 0 aromatic carbocycles. The molecule has 0 saturated heterocycles. The number of nitrogens with zero attached hydrogens (tertiary/aromatic N) is 1. The van der Waals surface area contributed by atoms with Crippen LogP contribution in [0, 0.1) is 11.8 Å². The molecule has 2 atom stereocenters. The molecule has 0 aromatic rings. The van der Waals surface area contributed by atoms with Gasteiger partial charge in [-0.1, -0.05) is 53.4 Å². The van der Waals surface area contributed by atoms with E-state index in [4.69, 9.17) is 0 Å². The molecule has 0 bridgehead atoms. The van der Waals surface area contributed by atoms with E-state index < -0.39 is 0 Å². The Morgan fingerprint density at radius 2 is 1.55 bits per heavy atom. The van der Waals surface area contributed by atoms with E-state index in [0.717, 1.165) is 17.1 Å². The van der Waals surface area contributed by atoms with Crippen molar-refractivity contribution in [3.63, 3.8) is 0 Å². The SMILES string of the molecule is CCCSC(CCC[C@@H](CCC)CCCN(C)C)CC(C)C. The number of hydrogen-bond donors (Lipinski definition) is 0. The summed E-state index contributed by atoms with van der Waals surface area (Å²) in [6.07, 6.45) is 12.7. The quantitative estimate of drug-likeness (QED) is 0.338. The van der Waals surface area contributed by atoms with Gasteiger partial charge in [-0.2, -0.15) is 11.8 Å². The molecule has 0 N–H and O–H groups in total. The van der Waals surface area contributed by atoms with E-state index in [1.54, 1.807) is 0 Å².